The highest BCUT2D eigenvalue weighted by Gasteiger charge is 2.36. The number of hydrogen-bond donors (Lipinski definition) is 2. The van der Waals surface area contributed by atoms with E-state index in [1.165, 1.54) is 0 Å². The predicted molar refractivity (Wildman–Crippen MR) is 62.5 cm³/mol. The van der Waals surface area contributed by atoms with Crippen molar-refractivity contribution in [1.82, 2.24) is 5.32 Å². The number of nitrogens with one attached hydrogen (secondary N) is 1. The Morgan fingerprint density at radius 2 is 1.87 bits per heavy atom. The van der Waals surface area contributed by atoms with Gasteiger partial charge in [-0.05, 0) is 18.8 Å². The van der Waals surface area contributed by atoms with Gasteiger partial charge in [0.05, 0.1) is 5.54 Å². The van der Waals surface area contributed by atoms with Gasteiger partial charge in [-0.25, -0.2) is 0 Å². The third-order valence-corrected chi connectivity index (χ3v) is 3.65. The van der Waals surface area contributed by atoms with Gasteiger partial charge in [-0.3, -0.25) is 4.79 Å². The number of nitrogens with two attached hydrogens (primary N) is 1. The first-order valence-corrected chi connectivity index (χ1v) is 6.19. The Hall–Kier alpha value is -0.570. The number of carbonyl (C=O) groups is 1. The largest absolute Gasteiger partial charge is 0.354 e. The molecule has 0 atom stereocenters. The van der Waals surface area contributed by atoms with Gasteiger partial charge in [0, 0.05) is 6.54 Å². The summed E-state index contributed by atoms with van der Waals surface area (Å²) in [6.07, 6.45) is 6.12. The van der Waals surface area contributed by atoms with E-state index in [0.29, 0.717) is 5.92 Å². The number of hydrogen-bond acceptors (Lipinski definition) is 2. The van der Waals surface area contributed by atoms with Crippen LogP contribution in [0.15, 0.2) is 0 Å². The lowest BCUT2D eigenvalue weighted by atomic mass is 9.97. The highest BCUT2D eigenvalue weighted by atomic mass is 16.2. The standard InChI is InChI=1S/C12H24N2O/c1-3-10(4-2)9-14-11(15)12(13)7-5-6-8-12/h10H,3-9,13H2,1-2H3,(H,14,15). The minimum atomic E-state index is -0.563. The topological polar surface area (TPSA) is 55.1 Å². The molecule has 1 aliphatic carbocycles. The molecule has 3 nitrogen and oxygen atoms in total. The maximum Gasteiger partial charge on any atom is 0.240 e. The molecule has 1 aliphatic rings. The first kappa shape index (κ1) is 12.5. The van der Waals surface area contributed by atoms with Crippen molar-refractivity contribution in [3.8, 4) is 0 Å². The maximum atomic E-state index is 11.9. The second-order valence-electron chi connectivity index (χ2n) is 4.76. The molecule has 1 saturated carbocycles. The summed E-state index contributed by atoms with van der Waals surface area (Å²) in [4.78, 5) is 11.9. The lowest BCUT2D eigenvalue weighted by Gasteiger charge is -2.23. The third-order valence-electron chi connectivity index (χ3n) is 3.65. The summed E-state index contributed by atoms with van der Waals surface area (Å²) in [5, 5.41) is 3.00. The van der Waals surface area contributed by atoms with E-state index in [2.05, 4.69) is 19.2 Å². The van der Waals surface area contributed by atoms with Crippen molar-refractivity contribution in [3.05, 3.63) is 0 Å². The minimum Gasteiger partial charge on any atom is -0.354 e. The normalized spacial score (nSPS) is 19.5. The van der Waals surface area contributed by atoms with Gasteiger partial charge in [-0.1, -0.05) is 39.5 Å². The van der Waals surface area contributed by atoms with E-state index in [0.717, 1.165) is 45.1 Å². The smallest absolute Gasteiger partial charge is 0.240 e. The van der Waals surface area contributed by atoms with Crippen LogP contribution in [-0.2, 0) is 4.79 Å². The summed E-state index contributed by atoms with van der Waals surface area (Å²) >= 11 is 0. The molecule has 0 aliphatic heterocycles. The predicted octanol–water partition coefficient (Wildman–Crippen LogP) is 1.81. The van der Waals surface area contributed by atoms with Gasteiger partial charge in [0.2, 0.25) is 5.91 Å². The van der Waals surface area contributed by atoms with Crippen LogP contribution >= 0.6 is 0 Å². The van der Waals surface area contributed by atoms with Gasteiger partial charge < -0.3 is 11.1 Å². The zero-order valence-electron chi connectivity index (χ0n) is 10.0. The van der Waals surface area contributed by atoms with Crippen molar-refractivity contribution in [3.63, 3.8) is 0 Å². The SMILES string of the molecule is CCC(CC)CNC(=O)C1(N)CCCC1. The van der Waals surface area contributed by atoms with Gasteiger partial charge in [-0.2, -0.15) is 0 Å². The molecule has 88 valence electrons. The Morgan fingerprint density at radius 3 is 2.33 bits per heavy atom. The molecule has 0 heterocycles. The van der Waals surface area contributed by atoms with E-state index in [-0.39, 0.29) is 5.91 Å². The van der Waals surface area contributed by atoms with E-state index in [9.17, 15) is 4.79 Å². The molecule has 0 aromatic rings. The van der Waals surface area contributed by atoms with Crippen LogP contribution in [-0.4, -0.2) is 18.0 Å². The van der Waals surface area contributed by atoms with E-state index in [1.807, 2.05) is 0 Å². The Kier molecular flexibility index (Phi) is 4.58. The van der Waals surface area contributed by atoms with Crippen molar-refractivity contribution in [1.29, 1.82) is 0 Å². The van der Waals surface area contributed by atoms with E-state index < -0.39 is 5.54 Å². The zero-order chi connectivity index (χ0) is 11.3. The first-order valence-electron chi connectivity index (χ1n) is 6.19. The molecular weight excluding hydrogens is 188 g/mol. The van der Waals surface area contributed by atoms with E-state index in [4.69, 9.17) is 5.73 Å². The van der Waals surface area contributed by atoms with Crippen LogP contribution in [0, 0.1) is 5.92 Å². The van der Waals surface area contributed by atoms with Crippen LogP contribution in [0.25, 0.3) is 0 Å². The average Bonchev–Trinajstić information content (AvgIpc) is 2.68. The van der Waals surface area contributed by atoms with Gasteiger partial charge in [-0.15, -0.1) is 0 Å². The summed E-state index contributed by atoms with van der Waals surface area (Å²) in [5.41, 5.74) is 5.50. The zero-order valence-corrected chi connectivity index (χ0v) is 10.0. The van der Waals surface area contributed by atoms with Gasteiger partial charge in [0.25, 0.3) is 0 Å². The molecular formula is C12H24N2O. The highest BCUT2D eigenvalue weighted by Crippen LogP contribution is 2.27. The lowest BCUT2D eigenvalue weighted by molar-refractivity contribution is -0.126. The molecule has 3 N–H and O–H groups in total. The van der Waals surface area contributed by atoms with Gasteiger partial charge in [0.15, 0.2) is 0 Å². The van der Waals surface area contributed by atoms with Crippen molar-refractivity contribution >= 4 is 5.91 Å². The summed E-state index contributed by atoms with van der Waals surface area (Å²) in [6, 6.07) is 0. The molecule has 15 heavy (non-hydrogen) atoms. The summed E-state index contributed by atoms with van der Waals surface area (Å²) < 4.78 is 0. The second-order valence-corrected chi connectivity index (χ2v) is 4.76. The van der Waals surface area contributed by atoms with E-state index in [1.54, 1.807) is 0 Å². The molecule has 0 radical (unpaired) electrons. The Morgan fingerprint density at radius 1 is 1.33 bits per heavy atom. The summed E-state index contributed by atoms with van der Waals surface area (Å²) in [7, 11) is 0. The second kappa shape index (κ2) is 5.50. The van der Waals surface area contributed by atoms with Gasteiger partial charge in [0.1, 0.15) is 0 Å². The molecule has 3 heteroatoms. The van der Waals surface area contributed by atoms with E-state index >= 15 is 0 Å². The van der Waals surface area contributed by atoms with Crippen molar-refractivity contribution in [2.75, 3.05) is 6.54 Å². The summed E-state index contributed by atoms with van der Waals surface area (Å²) in [5.74, 6) is 0.658. The van der Waals surface area contributed by atoms with Crippen LogP contribution in [0.3, 0.4) is 0 Å². The van der Waals surface area contributed by atoms with Crippen molar-refractivity contribution in [2.24, 2.45) is 11.7 Å². The summed E-state index contributed by atoms with van der Waals surface area (Å²) in [6.45, 7) is 5.10. The van der Waals surface area contributed by atoms with Crippen LogP contribution in [0.5, 0.6) is 0 Å². The molecule has 0 saturated heterocycles. The first-order chi connectivity index (χ1) is 7.12. The molecule has 0 bridgehead atoms. The molecule has 1 rings (SSSR count). The van der Waals surface area contributed by atoms with Crippen molar-refractivity contribution in [2.45, 2.75) is 57.9 Å². The van der Waals surface area contributed by atoms with Gasteiger partial charge >= 0.3 is 0 Å². The quantitative estimate of drug-likeness (QED) is 0.730. The lowest BCUT2D eigenvalue weighted by Crippen LogP contribution is -2.52. The number of carbonyl (C=O) groups excluding carboxylic acids is 1. The molecule has 1 fully saturated rings. The Bertz CT molecular complexity index is 206. The number of amides is 1. The number of rotatable bonds is 5. The highest BCUT2D eigenvalue weighted by molar-refractivity contribution is 5.86. The Balaban J connectivity index is 2.35. The van der Waals surface area contributed by atoms with Crippen molar-refractivity contribution < 1.29 is 4.79 Å². The van der Waals surface area contributed by atoms with Crippen LogP contribution in [0.1, 0.15) is 52.4 Å². The molecule has 1 amide bonds. The minimum absolute atomic E-state index is 0.0619. The fourth-order valence-electron chi connectivity index (χ4n) is 2.22. The van der Waals surface area contributed by atoms with Crippen LogP contribution < -0.4 is 11.1 Å². The molecule has 0 aromatic carbocycles. The van der Waals surface area contributed by atoms with Crippen LogP contribution in [0.4, 0.5) is 0 Å². The average molecular weight is 212 g/mol. The fourth-order valence-corrected chi connectivity index (χ4v) is 2.22. The van der Waals surface area contributed by atoms with Crippen LogP contribution in [0.2, 0.25) is 0 Å². The third kappa shape index (κ3) is 3.20. The maximum absolute atomic E-state index is 11.9. The monoisotopic (exact) mass is 212 g/mol. The fraction of sp³-hybridized carbons (Fsp3) is 0.917. The molecule has 0 unspecified atom stereocenters. The molecule has 0 aromatic heterocycles. The Labute approximate surface area is 92.8 Å². The molecule has 0 spiro atoms.